The number of hydrogen-bond acceptors (Lipinski definition) is 3. The molecule has 1 atom stereocenters. The molecule has 2 aromatic rings. The molecule has 1 N–H and O–H groups in total. The van der Waals surface area contributed by atoms with E-state index in [9.17, 15) is 9.59 Å². The summed E-state index contributed by atoms with van der Waals surface area (Å²) in [5.41, 5.74) is 1.97. The van der Waals surface area contributed by atoms with E-state index in [0.717, 1.165) is 23.3 Å². The van der Waals surface area contributed by atoms with Gasteiger partial charge in [-0.2, -0.15) is 0 Å². The molecule has 2 aromatic carbocycles. The average Bonchev–Trinajstić information content (AvgIpc) is 2.75. The van der Waals surface area contributed by atoms with Gasteiger partial charge in [-0.25, -0.2) is 0 Å². The molecule has 30 heavy (non-hydrogen) atoms. The van der Waals surface area contributed by atoms with E-state index in [1.165, 1.54) is 0 Å². The molecule has 5 heteroatoms. The second-order valence-electron chi connectivity index (χ2n) is 7.97. The molecule has 0 saturated heterocycles. The molecule has 0 aliphatic heterocycles. The molecule has 2 rings (SSSR count). The summed E-state index contributed by atoms with van der Waals surface area (Å²) in [4.78, 5) is 28.0. The predicted molar refractivity (Wildman–Crippen MR) is 120 cm³/mol. The smallest absolute Gasteiger partial charge is 0.243 e. The highest BCUT2D eigenvalue weighted by Gasteiger charge is 2.30. The molecule has 0 fully saturated rings. The Bertz CT molecular complexity index is 805. The molecule has 0 aliphatic rings. The number of nitrogens with one attached hydrogen (secondary N) is 1. The highest BCUT2D eigenvalue weighted by molar-refractivity contribution is 5.88. The number of nitrogens with zero attached hydrogens (tertiary/aromatic N) is 1. The number of rotatable bonds is 11. The molecule has 162 valence electrons. The van der Waals surface area contributed by atoms with Crippen LogP contribution in [0.4, 0.5) is 0 Å². The molecule has 0 bridgehead atoms. The van der Waals surface area contributed by atoms with Gasteiger partial charge in [0.1, 0.15) is 11.8 Å². The minimum Gasteiger partial charge on any atom is -0.497 e. The van der Waals surface area contributed by atoms with Crippen LogP contribution in [0.25, 0.3) is 0 Å². The lowest BCUT2D eigenvalue weighted by Gasteiger charge is -2.32. The van der Waals surface area contributed by atoms with Crippen molar-refractivity contribution in [1.82, 2.24) is 10.2 Å². The third-order valence-corrected chi connectivity index (χ3v) is 4.91. The largest absolute Gasteiger partial charge is 0.497 e. The number of ether oxygens (including phenoxy) is 1. The van der Waals surface area contributed by atoms with Crippen molar-refractivity contribution in [3.05, 3.63) is 65.7 Å². The van der Waals surface area contributed by atoms with Crippen LogP contribution in [0.3, 0.4) is 0 Å². The first-order valence-electron chi connectivity index (χ1n) is 10.7. The van der Waals surface area contributed by atoms with E-state index >= 15 is 0 Å². The third-order valence-electron chi connectivity index (χ3n) is 4.91. The maximum absolute atomic E-state index is 13.2. The van der Waals surface area contributed by atoms with Crippen molar-refractivity contribution in [2.75, 3.05) is 13.7 Å². The number of hydrogen-bond donors (Lipinski definition) is 1. The van der Waals surface area contributed by atoms with Gasteiger partial charge in [0.05, 0.1) is 7.11 Å². The van der Waals surface area contributed by atoms with Crippen LogP contribution in [-0.2, 0) is 22.6 Å². The van der Waals surface area contributed by atoms with Gasteiger partial charge in [0.15, 0.2) is 0 Å². The molecule has 0 unspecified atom stereocenters. The summed E-state index contributed by atoms with van der Waals surface area (Å²) in [6.07, 6.45) is 1.62. The highest BCUT2D eigenvalue weighted by Crippen LogP contribution is 2.19. The first-order valence-corrected chi connectivity index (χ1v) is 10.7. The van der Waals surface area contributed by atoms with E-state index in [1.54, 1.807) is 12.0 Å². The van der Waals surface area contributed by atoms with Crippen LogP contribution in [0.15, 0.2) is 54.6 Å². The number of carbonyl (C=O) groups is 2. The molecule has 5 nitrogen and oxygen atoms in total. The molecule has 0 aliphatic carbocycles. The summed E-state index contributed by atoms with van der Waals surface area (Å²) in [5, 5.41) is 3.03. The van der Waals surface area contributed by atoms with Crippen LogP contribution < -0.4 is 10.1 Å². The van der Waals surface area contributed by atoms with Crippen molar-refractivity contribution >= 4 is 11.8 Å². The molecule has 0 radical (unpaired) electrons. The van der Waals surface area contributed by atoms with Gasteiger partial charge in [-0.3, -0.25) is 9.59 Å². The quantitative estimate of drug-likeness (QED) is 0.604. The third kappa shape index (κ3) is 7.21. The van der Waals surface area contributed by atoms with Gasteiger partial charge in [0.25, 0.3) is 0 Å². The van der Waals surface area contributed by atoms with Crippen molar-refractivity contribution in [3.8, 4) is 5.75 Å². The van der Waals surface area contributed by atoms with E-state index < -0.39 is 6.04 Å². The molecule has 0 heterocycles. The lowest BCUT2D eigenvalue weighted by molar-refractivity contribution is -0.141. The topological polar surface area (TPSA) is 58.6 Å². The summed E-state index contributed by atoms with van der Waals surface area (Å²) in [6, 6.07) is 16.9. The van der Waals surface area contributed by atoms with Crippen LogP contribution in [0, 0.1) is 5.92 Å². The Kier molecular flexibility index (Phi) is 9.39. The lowest BCUT2D eigenvalue weighted by atomic mass is 10.0. The summed E-state index contributed by atoms with van der Waals surface area (Å²) in [7, 11) is 1.62. The first kappa shape index (κ1) is 23.5. The Labute approximate surface area is 180 Å². The van der Waals surface area contributed by atoms with Crippen LogP contribution in [0.1, 0.15) is 44.7 Å². The molecular formula is C25H34N2O3. The fraction of sp³-hybridized carbons (Fsp3) is 0.440. The monoisotopic (exact) mass is 410 g/mol. The average molecular weight is 411 g/mol. The second kappa shape index (κ2) is 12.0. The van der Waals surface area contributed by atoms with Crippen molar-refractivity contribution in [2.45, 2.75) is 52.6 Å². The van der Waals surface area contributed by atoms with Crippen molar-refractivity contribution in [3.63, 3.8) is 0 Å². The Balaban J connectivity index is 2.35. The Morgan fingerprint density at radius 1 is 1.03 bits per heavy atom. The van der Waals surface area contributed by atoms with Gasteiger partial charge in [0.2, 0.25) is 11.8 Å². The first-order chi connectivity index (χ1) is 14.4. The second-order valence-corrected chi connectivity index (χ2v) is 7.97. The number of amides is 2. The summed E-state index contributed by atoms with van der Waals surface area (Å²) in [6.45, 7) is 7.04. The Hall–Kier alpha value is -2.82. The molecule has 0 aromatic heterocycles. The summed E-state index contributed by atoms with van der Waals surface area (Å²) < 4.78 is 5.33. The van der Waals surface area contributed by atoms with E-state index in [2.05, 4.69) is 19.2 Å². The Morgan fingerprint density at radius 3 is 2.37 bits per heavy atom. The molecule has 0 saturated carbocycles. The zero-order valence-electron chi connectivity index (χ0n) is 18.6. The maximum atomic E-state index is 13.2. The lowest BCUT2D eigenvalue weighted by Crippen LogP contribution is -2.51. The standard InChI is InChI=1S/C25H34N2O3/c1-5-10-24(28)27(18-21-13-9-14-22(15-21)30-4)23(25(29)26-17-19(2)3)16-20-11-7-6-8-12-20/h6-9,11-15,19,23H,5,10,16-18H2,1-4H3,(H,26,29)/t23-/m0/s1. The fourth-order valence-corrected chi connectivity index (χ4v) is 3.30. The van der Waals surface area contributed by atoms with Crippen LogP contribution in [-0.4, -0.2) is 36.4 Å². The van der Waals surface area contributed by atoms with E-state index in [4.69, 9.17) is 4.74 Å². The fourth-order valence-electron chi connectivity index (χ4n) is 3.30. The van der Waals surface area contributed by atoms with Crippen molar-refractivity contribution in [2.24, 2.45) is 5.92 Å². The molecule has 2 amide bonds. The molecule has 0 spiro atoms. The number of benzene rings is 2. The summed E-state index contributed by atoms with van der Waals surface area (Å²) >= 11 is 0. The minimum absolute atomic E-state index is 0.0130. The van der Waals surface area contributed by atoms with Gasteiger partial charge in [0, 0.05) is 25.9 Å². The van der Waals surface area contributed by atoms with Gasteiger partial charge in [-0.05, 0) is 35.6 Å². The van der Waals surface area contributed by atoms with Crippen molar-refractivity contribution < 1.29 is 14.3 Å². The SMILES string of the molecule is CCCC(=O)N(Cc1cccc(OC)c1)[C@@H](Cc1ccccc1)C(=O)NCC(C)C. The van der Waals surface area contributed by atoms with Gasteiger partial charge < -0.3 is 15.0 Å². The predicted octanol–water partition coefficient (Wildman–Crippen LogP) is 4.21. The summed E-state index contributed by atoms with van der Waals surface area (Å²) in [5.74, 6) is 0.949. The van der Waals surface area contributed by atoms with E-state index in [0.29, 0.717) is 31.8 Å². The van der Waals surface area contributed by atoms with Crippen LogP contribution in [0.5, 0.6) is 5.75 Å². The zero-order chi connectivity index (χ0) is 21.9. The normalized spacial score (nSPS) is 11.8. The Morgan fingerprint density at radius 2 is 1.73 bits per heavy atom. The van der Waals surface area contributed by atoms with Gasteiger partial charge in [-0.1, -0.05) is 63.2 Å². The number of methoxy groups -OCH3 is 1. The van der Waals surface area contributed by atoms with Gasteiger partial charge >= 0.3 is 0 Å². The van der Waals surface area contributed by atoms with Gasteiger partial charge in [-0.15, -0.1) is 0 Å². The maximum Gasteiger partial charge on any atom is 0.243 e. The van der Waals surface area contributed by atoms with E-state index in [-0.39, 0.29) is 11.8 Å². The van der Waals surface area contributed by atoms with Crippen molar-refractivity contribution in [1.29, 1.82) is 0 Å². The van der Waals surface area contributed by atoms with Crippen LogP contribution >= 0.6 is 0 Å². The molecular weight excluding hydrogens is 376 g/mol. The minimum atomic E-state index is -0.573. The highest BCUT2D eigenvalue weighted by atomic mass is 16.5. The van der Waals surface area contributed by atoms with Crippen LogP contribution in [0.2, 0.25) is 0 Å². The zero-order valence-corrected chi connectivity index (χ0v) is 18.6. The van der Waals surface area contributed by atoms with E-state index in [1.807, 2.05) is 61.5 Å². The number of carbonyl (C=O) groups excluding carboxylic acids is 2.